The number of hydrogen-bond donors (Lipinski definition) is 1. The lowest BCUT2D eigenvalue weighted by molar-refractivity contribution is -0.384. The van der Waals surface area contributed by atoms with E-state index >= 15 is 0 Å². The first-order valence-corrected chi connectivity index (χ1v) is 12.2. The van der Waals surface area contributed by atoms with Crippen LogP contribution in [0.4, 0.5) is 17.1 Å². The smallest absolute Gasteiger partial charge is 0.292 e. The van der Waals surface area contributed by atoms with Gasteiger partial charge >= 0.3 is 0 Å². The average molecular weight is 487 g/mol. The molecule has 0 aromatic heterocycles. The highest BCUT2D eigenvalue weighted by Gasteiger charge is 2.29. The van der Waals surface area contributed by atoms with Crippen molar-refractivity contribution in [3.63, 3.8) is 0 Å². The number of nitro groups is 1. The maximum atomic E-state index is 12.9. The maximum Gasteiger partial charge on any atom is 0.292 e. The predicted octanol–water partition coefficient (Wildman–Crippen LogP) is 4.37. The van der Waals surface area contributed by atoms with Crippen LogP contribution in [0.5, 0.6) is 0 Å². The molecule has 10 heteroatoms. The van der Waals surface area contributed by atoms with Gasteiger partial charge in [0.15, 0.2) is 0 Å². The fraction of sp³-hybridized carbons (Fsp3) is 0.217. The third-order valence-corrected chi connectivity index (χ3v) is 7.72. The molecule has 1 N–H and O–H groups in total. The van der Waals surface area contributed by atoms with Gasteiger partial charge < -0.3 is 10.2 Å². The van der Waals surface area contributed by atoms with E-state index in [4.69, 9.17) is 11.6 Å². The van der Waals surface area contributed by atoms with Crippen molar-refractivity contribution >= 4 is 38.7 Å². The van der Waals surface area contributed by atoms with Crippen LogP contribution in [0.2, 0.25) is 5.02 Å². The molecule has 0 unspecified atom stereocenters. The molecule has 1 saturated heterocycles. The molecule has 172 valence electrons. The lowest BCUT2D eigenvalue weighted by atomic mass is 10.2. The molecule has 1 fully saturated rings. The van der Waals surface area contributed by atoms with Crippen LogP contribution in [0.25, 0.3) is 0 Å². The van der Waals surface area contributed by atoms with Crippen molar-refractivity contribution in [1.29, 1.82) is 0 Å². The predicted molar refractivity (Wildman–Crippen MR) is 129 cm³/mol. The van der Waals surface area contributed by atoms with E-state index in [0.717, 1.165) is 11.3 Å². The summed E-state index contributed by atoms with van der Waals surface area (Å²) in [5.41, 5.74) is 2.14. The summed E-state index contributed by atoms with van der Waals surface area (Å²) >= 11 is 5.92. The van der Waals surface area contributed by atoms with Gasteiger partial charge in [0.05, 0.1) is 9.82 Å². The first kappa shape index (κ1) is 23.0. The standard InChI is InChI=1S/C23H23ClN4O4S/c24-19-8-6-18(7-9-19)17-25-22-16-20(10-11-23(22)28(29)30)26-12-14-27(15-13-26)33(31,32)21-4-2-1-3-5-21/h1-11,16,25H,12-15,17H2. The molecule has 8 nitrogen and oxygen atoms in total. The molecule has 0 aliphatic carbocycles. The van der Waals surface area contributed by atoms with Crippen LogP contribution in [0.3, 0.4) is 0 Å². The summed E-state index contributed by atoms with van der Waals surface area (Å²) in [6, 6.07) is 20.6. The van der Waals surface area contributed by atoms with E-state index in [1.165, 1.54) is 10.4 Å². The van der Waals surface area contributed by atoms with E-state index in [1.807, 2.05) is 17.0 Å². The molecule has 0 amide bonds. The molecule has 0 spiro atoms. The zero-order valence-corrected chi connectivity index (χ0v) is 19.3. The van der Waals surface area contributed by atoms with Crippen molar-refractivity contribution in [2.75, 3.05) is 36.4 Å². The summed E-state index contributed by atoms with van der Waals surface area (Å²) in [6.45, 7) is 2.05. The number of nitrogens with zero attached hydrogens (tertiary/aromatic N) is 3. The zero-order valence-electron chi connectivity index (χ0n) is 17.7. The summed E-state index contributed by atoms with van der Waals surface area (Å²) in [4.78, 5) is 13.4. The third kappa shape index (κ3) is 5.27. The highest BCUT2D eigenvalue weighted by Crippen LogP contribution is 2.31. The van der Waals surface area contributed by atoms with Gasteiger partial charge in [0.25, 0.3) is 5.69 Å². The second kappa shape index (κ2) is 9.78. The number of benzene rings is 3. The van der Waals surface area contributed by atoms with Crippen LogP contribution < -0.4 is 10.2 Å². The van der Waals surface area contributed by atoms with Crippen molar-refractivity contribution in [2.45, 2.75) is 11.4 Å². The number of anilines is 2. The molecule has 0 saturated carbocycles. The second-order valence-corrected chi connectivity index (χ2v) is 10.0. The van der Waals surface area contributed by atoms with Gasteiger partial charge in [-0.1, -0.05) is 41.9 Å². The minimum absolute atomic E-state index is 0.0157. The van der Waals surface area contributed by atoms with Crippen molar-refractivity contribution in [1.82, 2.24) is 4.31 Å². The Kier molecular flexibility index (Phi) is 6.83. The summed E-state index contributed by atoms with van der Waals surface area (Å²) in [7, 11) is -3.54. The Morgan fingerprint density at radius 3 is 2.24 bits per heavy atom. The third-order valence-electron chi connectivity index (χ3n) is 5.56. The molecular weight excluding hydrogens is 464 g/mol. The highest BCUT2D eigenvalue weighted by atomic mass is 35.5. The van der Waals surface area contributed by atoms with Gasteiger partial charge in [-0.05, 0) is 42.0 Å². The number of nitro benzene ring substituents is 1. The van der Waals surface area contributed by atoms with Gasteiger partial charge in [0.2, 0.25) is 10.0 Å². The first-order chi connectivity index (χ1) is 15.8. The Balaban J connectivity index is 1.47. The molecule has 1 aliphatic rings. The number of rotatable bonds is 7. The van der Waals surface area contributed by atoms with Crippen molar-refractivity contribution < 1.29 is 13.3 Å². The van der Waals surface area contributed by atoms with Crippen molar-refractivity contribution in [3.05, 3.63) is 93.5 Å². The SMILES string of the molecule is O=[N+]([O-])c1ccc(N2CCN(S(=O)(=O)c3ccccc3)CC2)cc1NCc1ccc(Cl)cc1. The largest absolute Gasteiger partial charge is 0.375 e. The monoisotopic (exact) mass is 486 g/mol. The molecule has 3 aromatic carbocycles. The van der Waals surface area contributed by atoms with Gasteiger partial charge in [-0.2, -0.15) is 4.31 Å². The fourth-order valence-corrected chi connectivity index (χ4v) is 5.32. The van der Waals surface area contributed by atoms with E-state index in [9.17, 15) is 18.5 Å². The lowest BCUT2D eigenvalue weighted by Gasteiger charge is -2.35. The Morgan fingerprint density at radius 1 is 0.939 bits per heavy atom. The molecule has 0 atom stereocenters. The maximum absolute atomic E-state index is 12.9. The minimum atomic E-state index is -3.54. The second-order valence-electron chi connectivity index (χ2n) is 7.64. The molecular formula is C23H23ClN4O4S. The Morgan fingerprint density at radius 2 is 1.61 bits per heavy atom. The number of sulfonamides is 1. The fourth-order valence-electron chi connectivity index (χ4n) is 3.75. The van der Waals surface area contributed by atoms with Crippen LogP contribution in [0, 0.1) is 10.1 Å². The summed E-state index contributed by atoms with van der Waals surface area (Å²) in [5.74, 6) is 0. The zero-order chi connectivity index (χ0) is 23.4. The van der Waals surface area contributed by atoms with E-state index in [2.05, 4.69) is 5.32 Å². The quantitative estimate of drug-likeness (QED) is 0.393. The normalized spacial score (nSPS) is 14.8. The number of piperazine rings is 1. The van der Waals surface area contributed by atoms with Gasteiger partial charge in [-0.25, -0.2) is 8.42 Å². The van der Waals surface area contributed by atoms with Crippen LogP contribution >= 0.6 is 11.6 Å². The molecule has 0 radical (unpaired) electrons. The highest BCUT2D eigenvalue weighted by molar-refractivity contribution is 7.89. The summed E-state index contributed by atoms with van der Waals surface area (Å²) in [6.07, 6.45) is 0. The van der Waals surface area contributed by atoms with Crippen LogP contribution in [0.15, 0.2) is 77.7 Å². The van der Waals surface area contributed by atoms with E-state index in [-0.39, 0.29) is 10.6 Å². The van der Waals surface area contributed by atoms with E-state index < -0.39 is 14.9 Å². The lowest BCUT2D eigenvalue weighted by Crippen LogP contribution is -2.48. The molecule has 1 heterocycles. The number of hydrogen-bond acceptors (Lipinski definition) is 6. The molecule has 4 rings (SSSR count). The number of halogens is 1. The Labute approximate surface area is 197 Å². The molecule has 0 bridgehead atoms. The summed E-state index contributed by atoms with van der Waals surface area (Å²) in [5, 5.41) is 15.3. The first-order valence-electron chi connectivity index (χ1n) is 10.4. The number of nitrogens with one attached hydrogen (secondary N) is 1. The van der Waals surface area contributed by atoms with Gasteiger partial charge in [0.1, 0.15) is 5.69 Å². The molecule has 1 aliphatic heterocycles. The molecule has 33 heavy (non-hydrogen) atoms. The Bertz CT molecular complexity index is 1230. The van der Waals surface area contributed by atoms with Crippen LogP contribution in [0.1, 0.15) is 5.56 Å². The van der Waals surface area contributed by atoms with Crippen molar-refractivity contribution in [3.8, 4) is 0 Å². The van der Waals surface area contributed by atoms with Crippen LogP contribution in [-0.2, 0) is 16.6 Å². The van der Waals surface area contributed by atoms with Gasteiger partial charge in [-0.15, -0.1) is 0 Å². The molecule has 3 aromatic rings. The topological polar surface area (TPSA) is 95.8 Å². The minimum Gasteiger partial charge on any atom is -0.375 e. The average Bonchev–Trinajstić information content (AvgIpc) is 2.84. The van der Waals surface area contributed by atoms with Crippen LogP contribution in [-0.4, -0.2) is 43.8 Å². The van der Waals surface area contributed by atoms with Crippen molar-refractivity contribution in [2.24, 2.45) is 0 Å². The van der Waals surface area contributed by atoms with E-state index in [0.29, 0.717) is 43.4 Å². The van der Waals surface area contributed by atoms with E-state index in [1.54, 1.807) is 54.6 Å². The Hall–Kier alpha value is -3.14. The van der Waals surface area contributed by atoms with Gasteiger partial charge in [-0.3, -0.25) is 10.1 Å². The van der Waals surface area contributed by atoms with Gasteiger partial charge in [0, 0.05) is 49.5 Å². The summed E-state index contributed by atoms with van der Waals surface area (Å²) < 4.78 is 27.2.